The van der Waals surface area contributed by atoms with Crippen molar-refractivity contribution in [2.24, 2.45) is 0 Å². The normalized spacial score (nSPS) is 24.5. The highest BCUT2D eigenvalue weighted by atomic mass is 16.7. The molecule has 1 saturated heterocycles. The van der Waals surface area contributed by atoms with Crippen LogP contribution in [-0.4, -0.2) is 95.6 Å². The lowest BCUT2D eigenvalue weighted by molar-refractivity contribution is -0.277. The third-order valence-electron chi connectivity index (χ3n) is 6.28. The molecule has 0 unspecified atom stereocenters. The number of fused-ring (bicyclic) bond motifs is 1. The molecule has 2 aromatic carbocycles. The van der Waals surface area contributed by atoms with Gasteiger partial charge in [-0.05, 0) is 37.1 Å². The first kappa shape index (κ1) is 27.3. The fraction of sp³-hybridized carbons (Fsp3) is 0.440. The van der Waals surface area contributed by atoms with Gasteiger partial charge in [0, 0.05) is 5.56 Å². The molecule has 2 aliphatic rings. The molecular weight excluding hydrogens is 508 g/mol. The monoisotopic (exact) mass is 536 g/mol. The van der Waals surface area contributed by atoms with Crippen molar-refractivity contribution in [1.82, 2.24) is 0 Å². The van der Waals surface area contributed by atoms with E-state index in [2.05, 4.69) is 0 Å². The molecule has 0 amide bonds. The Morgan fingerprint density at radius 1 is 1.00 bits per heavy atom. The number of carboxylic acid groups (broad SMARTS) is 1. The van der Waals surface area contributed by atoms with Crippen LogP contribution in [0.1, 0.15) is 32.7 Å². The topological polar surface area (TPSA) is 191 Å². The molecule has 38 heavy (non-hydrogen) atoms. The van der Waals surface area contributed by atoms with Gasteiger partial charge in [-0.15, -0.1) is 0 Å². The lowest BCUT2D eigenvalue weighted by atomic mass is 9.98. The molecule has 2 heterocycles. The molecule has 0 aromatic heterocycles. The summed E-state index contributed by atoms with van der Waals surface area (Å²) in [4.78, 5) is 24.2. The molecule has 2 aromatic rings. The number of phenolic OH excluding ortho intramolecular Hbond substituents is 1. The second-order valence-electron chi connectivity index (χ2n) is 8.64. The Hall–Kier alpha value is -3.78. The van der Waals surface area contributed by atoms with Gasteiger partial charge in [0.15, 0.2) is 23.0 Å². The number of hydrogen-bond acceptors (Lipinski definition) is 12. The third kappa shape index (κ3) is 5.27. The lowest BCUT2D eigenvalue weighted by Gasteiger charge is -2.40. The smallest absolute Gasteiger partial charge is 0.338 e. The number of carbonyl (C=O) groups is 2. The Morgan fingerprint density at radius 3 is 2.32 bits per heavy atom. The van der Waals surface area contributed by atoms with Crippen LogP contribution >= 0.6 is 0 Å². The molecule has 5 N–H and O–H groups in total. The van der Waals surface area contributed by atoms with Crippen molar-refractivity contribution >= 4 is 11.9 Å². The fourth-order valence-electron chi connectivity index (χ4n) is 4.26. The highest BCUT2D eigenvalue weighted by molar-refractivity contribution is 5.91. The van der Waals surface area contributed by atoms with Crippen LogP contribution in [0.5, 0.6) is 28.7 Å². The number of carbonyl (C=O) groups excluding carboxylic acids is 1. The third-order valence-corrected chi connectivity index (χ3v) is 6.28. The average Bonchev–Trinajstić information content (AvgIpc) is 2.92. The zero-order valence-corrected chi connectivity index (χ0v) is 20.5. The second kappa shape index (κ2) is 11.3. The van der Waals surface area contributed by atoms with Crippen molar-refractivity contribution in [1.29, 1.82) is 0 Å². The summed E-state index contributed by atoms with van der Waals surface area (Å²) in [6.07, 6.45) is -6.83. The van der Waals surface area contributed by atoms with Crippen molar-refractivity contribution in [3.05, 3.63) is 41.0 Å². The van der Waals surface area contributed by atoms with Gasteiger partial charge in [-0.1, -0.05) is 0 Å². The Balaban J connectivity index is 1.50. The summed E-state index contributed by atoms with van der Waals surface area (Å²) in [7, 11) is 2.58. The second-order valence-corrected chi connectivity index (χ2v) is 8.64. The first-order chi connectivity index (χ1) is 18.2. The lowest BCUT2D eigenvalue weighted by Crippen LogP contribution is -2.60. The van der Waals surface area contributed by atoms with E-state index in [1.165, 1.54) is 38.5 Å². The molecule has 0 aliphatic carbocycles. The Labute approximate surface area is 216 Å². The Morgan fingerprint density at radius 2 is 1.68 bits per heavy atom. The zero-order valence-electron chi connectivity index (χ0n) is 20.5. The number of carboxylic acids is 1. The summed E-state index contributed by atoms with van der Waals surface area (Å²) >= 11 is 0. The molecule has 13 nitrogen and oxygen atoms in total. The van der Waals surface area contributed by atoms with Crippen LogP contribution in [0.2, 0.25) is 0 Å². The molecule has 0 bridgehead atoms. The van der Waals surface area contributed by atoms with Gasteiger partial charge in [0.25, 0.3) is 0 Å². The fourth-order valence-corrected chi connectivity index (χ4v) is 4.26. The number of hydrogen-bond donors (Lipinski definition) is 5. The average molecular weight is 536 g/mol. The minimum atomic E-state index is -1.72. The number of rotatable bonds is 8. The van der Waals surface area contributed by atoms with Crippen LogP contribution < -0.4 is 18.9 Å². The van der Waals surface area contributed by atoms with Gasteiger partial charge < -0.3 is 54.0 Å². The van der Waals surface area contributed by atoms with E-state index >= 15 is 0 Å². The van der Waals surface area contributed by atoms with Gasteiger partial charge in [0.1, 0.15) is 31.0 Å². The van der Waals surface area contributed by atoms with Crippen LogP contribution in [0.3, 0.4) is 0 Å². The van der Waals surface area contributed by atoms with E-state index in [-0.39, 0.29) is 39.9 Å². The Bertz CT molecular complexity index is 1170. The molecule has 1 fully saturated rings. The largest absolute Gasteiger partial charge is 0.502 e. The number of aliphatic hydroxyl groups is 3. The van der Waals surface area contributed by atoms with Crippen LogP contribution in [0.25, 0.3) is 0 Å². The summed E-state index contributed by atoms with van der Waals surface area (Å²) in [5.41, 5.74) is 0.453. The number of aromatic carboxylic acids is 1. The summed E-state index contributed by atoms with van der Waals surface area (Å²) in [6, 6.07) is 5.15. The number of aliphatic hydroxyl groups excluding tert-OH is 3. The Kier molecular flexibility index (Phi) is 8.11. The predicted octanol–water partition coefficient (Wildman–Crippen LogP) is 0.476. The maximum atomic E-state index is 12.6. The van der Waals surface area contributed by atoms with Crippen molar-refractivity contribution in [2.45, 2.75) is 43.5 Å². The van der Waals surface area contributed by atoms with Gasteiger partial charge in [-0.25, -0.2) is 9.59 Å². The van der Waals surface area contributed by atoms with Gasteiger partial charge in [-0.2, -0.15) is 0 Å². The quantitative estimate of drug-likeness (QED) is 0.293. The van der Waals surface area contributed by atoms with Crippen LogP contribution in [0, 0.1) is 0 Å². The number of esters is 1. The van der Waals surface area contributed by atoms with Crippen LogP contribution in [-0.2, 0) is 15.9 Å². The molecule has 206 valence electrons. The standard InChI is InChI=1S/C25H28O13/c1-33-15-8-11(9-16(34-2)18(15)26)24(32)36-10-17-19(27)20(28)21(29)25(38-17)37-14-6-5-13(23(30)31)12-4-3-7-35-22(12)14/h5-6,8-9,17,19-21,25-29H,3-4,7,10H2,1-2H3,(H,30,31)/t17-,19+,20-,21+,25+/m0/s1. The van der Waals surface area contributed by atoms with Crippen LogP contribution in [0.15, 0.2) is 24.3 Å². The molecule has 5 atom stereocenters. The van der Waals surface area contributed by atoms with Crippen molar-refractivity contribution < 1.29 is 63.5 Å². The zero-order chi connectivity index (χ0) is 27.6. The number of benzene rings is 2. The molecule has 4 rings (SSSR count). The van der Waals surface area contributed by atoms with Crippen molar-refractivity contribution in [2.75, 3.05) is 27.4 Å². The van der Waals surface area contributed by atoms with Crippen LogP contribution in [0.4, 0.5) is 0 Å². The van der Waals surface area contributed by atoms with Gasteiger partial charge in [-0.3, -0.25) is 0 Å². The molecule has 13 heteroatoms. The molecule has 2 aliphatic heterocycles. The first-order valence-corrected chi connectivity index (χ1v) is 11.7. The van der Waals surface area contributed by atoms with E-state index in [9.17, 15) is 35.1 Å². The number of ether oxygens (including phenoxy) is 6. The van der Waals surface area contributed by atoms with E-state index in [0.717, 1.165) is 0 Å². The predicted molar refractivity (Wildman–Crippen MR) is 126 cm³/mol. The first-order valence-electron chi connectivity index (χ1n) is 11.7. The van der Waals surface area contributed by atoms with Gasteiger partial charge in [0.2, 0.25) is 12.0 Å². The van der Waals surface area contributed by atoms with Gasteiger partial charge >= 0.3 is 11.9 Å². The summed E-state index contributed by atoms with van der Waals surface area (Å²) in [6.45, 7) is -0.213. The van der Waals surface area contributed by atoms with E-state index in [1.807, 2.05) is 0 Å². The van der Waals surface area contributed by atoms with Crippen molar-refractivity contribution in [3.8, 4) is 28.7 Å². The minimum Gasteiger partial charge on any atom is -0.502 e. The SMILES string of the molecule is COc1cc(C(=O)OC[C@@H]2O[C@@H](Oc3ccc(C(=O)O)c4c3OCCC4)[C@H](O)[C@@H](O)[C@@H]2O)cc(OC)c1O. The number of phenols is 1. The summed E-state index contributed by atoms with van der Waals surface area (Å²) in [5.74, 6) is -2.11. The number of aromatic hydroxyl groups is 1. The van der Waals surface area contributed by atoms with Crippen molar-refractivity contribution in [3.63, 3.8) is 0 Å². The van der Waals surface area contributed by atoms with E-state index in [4.69, 9.17) is 28.4 Å². The van der Waals surface area contributed by atoms with Gasteiger partial charge in [0.05, 0.1) is 32.0 Å². The summed E-state index contributed by atoms with van der Waals surface area (Å²) < 4.78 is 32.3. The molecular formula is C25H28O13. The van der Waals surface area contributed by atoms with E-state index in [0.29, 0.717) is 25.0 Å². The maximum absolute atomic E-state index is 12.6. The minimum absolute atomic E-state index is 0.0301. The molecule has 0 saturated carbocycles. The number of methoxy groups -OCH3 is 2. The summed E-state index contributed by atoms with van der Waals surface area (Å²) in [5, 5.41) is 50.8. The highest BCUT2D eigenvalue weighted by Crippen LogP contribution is 2.39. The highest BCUT2D eigenvalue weighted by Gasteiger charge is 2.46. The molecule has 0 spiro atoms. The molecule has 0 radical (unpaired) electrons. The van der Waals surface area contributed by atoms with E-state index < -0.39 is 49.3 Å². The van der Waals surface area contributed by atoms with E-state index in [1.54, 1.807) is 0 Å². The maximum Gasteiger partial charge on any atom is 0.338 e.